The van der Waals surface area contributed by atoms with Gasteiger partial charge in [0.2, 0.25) is 5.75 Å². The van der Waals surface area contributed by atoms with Crippen molar-refractivity contribution in [3.63, 3.8) is 0 Å². The minimum Gasteiger partial charge on any atom is -0.478 e. The van der Waals surface area contributed by atoms with Crippen LogP contribution in [0.2, 0.25) is 5.02 Å². The van der Waals surface area contributed by atoms with Crippen LogP contribution in [-0.2, 0) is 0 Å². The van der Waals surface area contributed by atoms with Crippen LogP contribution >= 0.6 is 11.6 Å². The van der Waals surface area contributed by atoms with Gasteiger partial charge in [-0.1, -0.05) is 11.6 Å². The summed E-state index contributed by atoms with van der Waals surface area (Å²) in [5.41, 5.74) is -0.774. The Balaban J connectivity index is 2.50. The molecule has 0 saturated heterocycles. The first kappa shape index (κ1) is 14.7. The molecule has 0 aromatic heterocycles. The predicted molar refractivity (Wildman–Crippen MR) is 71.5 cm³/mol. The number of nitro groups is 1. The summed E-state index contributed by atoms with van der Waals surface area (Å²) in [5, 5.41) is 20.1. The molecule has 0 spiro atoms. The number of carboxylic acid groups (broad SMARTS) is 1. The van der Waals surface area contributed by atoms with Gasteiger partial charge in [-0.05, 0) is 24.3 Å². The molecule has 1 N–H and O–H groups in total. The third-order valence-electron chi connectivity index (χ3n) is 2.51. The summed E-state index contributed by atoms with van der Waals surface area (Å²) in [4.78, 5) is 21.2. The predicted octanol–water partition coefficient (Wildman–Crippen LogP) is 3.88. The topological polar surface area (TPSA) is 89.7 Å². The van der Waals surface area contributed by atoms with Gasteiger partial charge in [-0.15, -0.1) is 0 Å². The van der Waals surface area contributed by atoms with E-state index in [1.807, 2.05) is 0 Å². The van der Waals surface area contributed by atoms with Gasteiger partial charge in [0.1, 0.15) is 17.1 Å². The van der Waals surface area contributed by atoms with Gasteiger partial charge in [0.15, 0.2) is 0 Å². The molecule has 2 aromatic carbocycles. The molecule has 108 valence electrons. The van der Waals surface area contributed by atoms with Crippen molar-refractivity contribution in [3.05, 3.63) is 62.9 Å². The largest absolute Gasteiger partial charge is 0.478 e. The fourth-order valence-electron chi connectivity index (χ4n) is 1.60. The fourth-order valence-corrected chi connectivity index (χ4v) is 1.77. The molecule has 0 aliphatic rings. The lowest BCUT2D eigenvalue weighted by Crippen LogP contribution is -2.01. The second-order valence-corrected chi connectivity index (χ2v) is 4.35. The zero-order valence-electron chi connectivity index (χ0n) is 10.2. The number of hydrogen-bond acceptors (Lipinski definition) is 4. The minimum atomic E-state index is -1.33. The van der Waals surface area contributed by atoms with E-state index in [1.165, 1.54) is 12.1 Å². The van der Waals surface area contributed by atoms with E-state index in [9.17, 15) is 19.3 Å². The van der Waals surface area contributed by atoms with Gasteiger partial charge in [-0.25, -0.2) is 9.18 Å². The zero-order valence-corrected chi connectivity index (χ0v) is 11.0. The van der Waals surface area contributed by atoms with Gasteiger partial charge in [0.05, 0.1) is 4.92 Å². The number of aromatic carboxylic acids is 1. The van der Waals surface area contributed by atoms with E-state index in [0.717, 1.165) is 24.3 Å². The van der Waals surface area contributed by atoms with Crippen molar-refractivity contribution < 1.29 is 24.0 Å². The maximum Gasteiger partial charge on any atom is 0.339 e. The maximum atomic E-state index is 13.2. The van der Waals surface area contributed by atoms with E-state index >= 15 is 0 Å². The molecular weight excluding hydrogens is 305 g/mol. The molecule has 0 aliphatic heterocycles. The highest BCUT2D eigenvalue weighted by Gasteiger charge is 2.20. The number of ether oxygens (including phenoxy) is 1. The number of nitrogens with zero attached hydrogens (tertiary/aromatic N) is 1. The summed E-state index contributed by atoms with van der Waals surface area (Å²) in [6.45, 7) is 0. The molecule has 2 rings (SSSR count). The Bertz CT molecular complexity index is 734. The molecule has 8 heteroatoms. The highest BCUT2D eigenvalue weighted by molar-refractivity contribution is 6.31. The van der Waals surface area contributed by atoms with Crippen molar-refractivity contribution in [3.8, 4) is 11.5 Å². The van der Waals surface area contributed by atoms with Crippen LogP contribution in [0.5, 0.6) is 11.5 Å². The summed E-state index contributed by atoms with van der Waals surface area (Å²) >= 11 is 5.68. The van der Waals surface area contributed by atoms with Crippen LogP contribution in [0.25, 0.3) is 0 Å². The third-order valence-corrected chi connectivity index (χ3v) is 2.75. The molecule has 0 unspecified atom stereocenters. The molecule has 2 aromatic rings. The van der Waals surface area contributed by atoms with Crippen molar-refractivity contribution in [1.82, 2.24) is 0 Å². The molecule has 0 amide bonds. The van der Waals surface area contributed by atoms with Crippen LogP contribution in [-0.4, -0.2) is 16.0 Å². The second kappa shape index (κ2) is 5.76. The Morgan fingerprint density at radius 3 is 2.57 bits per heavy atom. The normalized spacial score (nSPS) is 10.2. The van der Waals surface area contributed by atoms with E-state index in [0.29, 0.717) is 0 Å². The van der Waals surface area contributed by atoms with Crippen molar-refractivity contribution in [2.24, 2.45) is 0 Å². The molecule has 0 fully saturated rings. The SMILES string of the molecule is O=C(O)c1cc(Cl)ccc1Oc1cc(F)ccc1[N+](=O)[O-]. The Labute approximate surface area is 122 Å². The Morgan fingerprint density at radius 1 is 1.24 bits per heavy atom. The van der Waals surface area contributed by atoms with Gasteiger partial charge in [-0.2, -0.15) is 0 Å². The number of hydrogen-bond donors (Lipinski definition) is 1. The highest BCUT2D eigenvalue weighted by Crippen LogP contribution is 2.34. The molecule has 0 saturated carbocycles. The van der Waals surface area contributed by atoms with Gasteiger partial charge >= 0.3 is 11.7 Å². The second-order valence-electron chi connectivity index (χ2n) is 3.92. The number of benzene rings is 2. The number of nitro benzene ring substituents is 1. The lowest BCUT2D eigenvalue weighted by atomic mass is 10.2. The summed E-state index contributed by atoms with van der Waals surface area (Å²) in [6, 6.07) is 6.36. The Morgan fingerprint density at radius 2 is 1.95 bits per heavy atom. The van der Waals surface area contributed by atoms with Crippen LogP contribution in [0, 0.1) is 15.9 Å². The molecule has 0 aliphatic carbocycles. The molecule has 0 atom stereocenters. The molecule has 21 heavy (non-hydrogen) atoms. The Kier molecular flexibility index (Phi) is 4.04. The van der Waals surface area contributed by atoms with Crippen molar-refractivity contribution in [1.29, 1.82) is 0 Å². The van der Waals surface area contributed by atoms with Crippen molar-refractivity contribution in [2.75, 3.05) is 0 Å². The molecular formula is C13H7ClFNO5. The van der Waals surface area contributed by atoms with E-state index in [4.69, 9.17) is 21.4 Å². The summed E-state index contributed by atoms with van der Waals surface area (Å²) in [5.74, 6) is -2.65. The molecule has 0 heterocycles. The van der Waals surface area contributed by atoms with Gasteiger partial charge < -0.3 is 9.84 Å². The van der Waals surface area contributed by atoms with E-state index in [-0.39, 0.29) is 16.3 Å². The average molecular weight is 312 g/mol. The number of halogens is 2. The number of carbonyl (C=O) groups is 1. The molecule has 0 bridgehead atoms. The number of carboxylic acids is 1. The summed E-state index contributed by atoms with van der Waals surface area (Å²) in [7, 11) is 0. The number of rotatable bonds is 4. The maximum absolute atomic E-state index is 13.2. The van der Waals surface area contributed by atoms with Gasteiger partial charge in [0.25, 0.3) is 0 Å². The summed E-state index contributed by atoms with van der Waals surface area (Å²) < 4.78 is 18.4. The van der Waals surface area contributed by atoms with Crippen molar-refractivity contribution >= 4 is 23.3 Å². The third kappa shape index (κ3) is 3.26. The van der Waals surface area contributed by atoms with Gasteiger partial charge in [0, 0.05) is 17.2 Å². The van der Waals surface area contributed by atoms with E-state index in [1.54, 1.807) is 0 Å². The molecule has 0 radical (unpaired) electrons. The lowest BCUT2D eigenvalue weighted by Gasteiger charge is -2.09. The average Bonchev–Trinajstić information content (AvgIpc) is 2.40. The first-order chi connectivity index (χ1) is 9.88. The van der Waals surface area contributed by atoms with Crippen LogP contribution in [0.15, 0.2) is 36.4 Å². The van der Waals surface area contributed by atoms with Crippen molar-refractivity contribution in [2.45, 2.75) is 0 Å². The van der Waals surface area contributed by atoms with Crippen LogP contribution in [0.3, 0.4) is 0 Å². The monoisotopic (exact) mass is 311 g/mol. The standard InChI is InChI=1S/C13H7ClFNO5/c14-7-1-4-11(9(5-7)13(17)18)21-12-6-8(15)2-3-10(12)16(19)20/h1-6H,(H,17,18). The van der Waals surface area contributed by atoms with Crippen LogP contribution in [0.4, 0.5) is 10.1 Å². The molecule has 6 nitrogen and oxygen atoms in total. The quantitative estimate of drug-likeness (QED) is 0.683. The zero-order chi connectivity index (χ0) is 15.6. The highest BCUT2D eigenvalue weighted by atomic mass is 35.5. The minimum absolute atomic E-state index is 0.161. The van der Waals surface area contributed by atoms with E-state index in [2.05, 4.69) is 0 Å². The van der Waals surface area contributed by atoms with E-state index < -0.39 is 28.1 Å². The first-order valence-electron chi connectivity index (χ1n) is 5.53. The fraction of sp³-hybridized carbons (Fsp3) is 0. The Hall–Kier alpha value is -2.67. The van der Waals surface area contributed by atoms with Crippen LogP contribution in [0.1, 0.15) is 10.4 Å². The first-order valence-corrected chi connectivity index (χ1v) is 5.91. The smallest absolute Gasteiger partial charge is 0.339 e. The van der Waals surface area contributed by atoms with Crippen LogP contribution < -0.4 is 4.74 Å². The lowest BCUT2D eigenvalue weighted by molar-refractivity contribution is -0.385. The van der Waals surface area contributed by atoms with Gasteiger partial charge in [-0.3, -0.25) is 10.1 Å². The summed E-state index contributed by atoms with van der Waals surface area (Å²) in [6.07, 6.45) is 0.